The van der Waals surface area contributed by atoms with E-state index in [2.05, 4.69) is 11.8 Å². The van der Waals surface area contributed by atoms with Gasteiger partial charge in [-0.2, -0.15) is 0 Å². The van der Waals surface area contributed by atoms with Gasteiger partial charge >= 0.3 is 12.1 Å². The van der Waals surface area contributed by atoms with Crippen molar-refractivity contribution in [3.63, 3.8) is 0 Å². The summed E-state index contributed by atoms with van der Waals surface area (Å²) in [6.07, 6.45) is 1.41. The zero-order valence-electron chi connectivity index (χ0n) is 13.3. The van der Waals surface area contributed by atoms with E-state index in [1.807, 2.05) is 0 Å². The predicted octanol–water partition coefficient (Wildman–Crippen LogP) is 2.12. The average molecular weight is 318 g/mol. The van der Waals surface area contributed by atoms with E-state index in [0.29, 0.717) is 6.54 Å². The molecule has 1 N–H and O–H groups in total. The topological polar surface area (TPSA) is 70.1 Å². The second-order valence-corrected chi connectivity index (χ2v) is 6.31. The lowest BCUT2D eigenvalue weighted by atomic mass is 9.91. The molecular formula is C17H22N2O4. The second-order valence-electron chi connectivity index (χ2n) is 6.31. The summed E-state index contributed by atoms with van der Waals surface area (Å²) in [5, 5.41) is 8.81. The Kier molecular flexibility index (Phi) is 4.26. The lowest BCUT2D eigenvalue weighted by Crippen LogP contribution is -2.46. The Balaban J connectivity index is 1.69. The van der Waals surface area contributed by atoms with Gasteiger partial charge in [-0.15, -0.1) is 0 Å². The standard InChI is InChI=1S/C17H22N2O4/c1-2-18-9-7-17(8-10-18)12-19(16(22)23-17)14-5-3-13(4-6-14)11-15(20)21/h3-6H,2,7-12H2,1H3,(H,20,21). The number of carbonyl (C=O) groups is 2. The van der Waals surface area contributed by atoms with Crippen molar-refractivity contribution < 1.29 is 19.4 Å². The predicted molar refractivity (Wildman–Crippen MR) is 85.7 cm³/mol. The van der Waals surface area contributed by atoms with Crippen molar-refractivity contribution in [3.8, 4) is 0 Å². The number of ether oxygens (including phenoxy) is 1. The number of hydrogen-bond donors (Lipinski definition) is 1. The number of likely N-dealkylation sites (tertiary alicyclic amines) is 1. The minimum Gasteiger partial charge on any atom is -0.481 e. The SMILES string of the molecule is CCN1CCC2(CC1)CN(c1ccc(CC(=O)O)cc1)C(=O)O2. The highest BCUT2D eigenvalue weighted by Gasteiger charge is 2.47. The number of benzene rings is 1. The molecule has 124 valence electrons. The molecule has 3 rings (SSSR count). The number of aliphatic carboxylic acids is 1. The summed E-state index contributed by atoms with van der Waals surface area (Å²) in [5.41, 5.74) is 1.11. The van der Waals surface area contributed by atoms with Crippen molar-refractivity contribution >= 4 is 17.7 Å². The maximum absolute atomic E-state index is 12.3. The van der Waals surface area contributed by atoms with Crippen molar-refractivity contribution in [3.05, 3.63) is 29.8 Å². The van der Waals surface area contributed by atoms with Gasteiger partial charge in [0.05, 0.1) is 13.0 Å². The van der Waals surface area contributed by atoms with Gasteiger partial charge in [-0.25, -0.2) is 4.79 Å². The molecule has 23 heavy (non-hydrogen) atoms. The Morgan fingerprint density at radius 2 is 1.91 bits per heavy atom. The highest BCUT2D eigenvalue weighted by Crippen LogP contribution is 2.35. The number of nitrogens with zero attached hydrogens (tertiary/aromatic N) is 2. The highest BCUT2D eigenvalue weighted by atomic mass is 16.6. The van der Waals surface area contributed by atoms with E-state index >= 15 is 0 Å². The Morgan fingerprint density at radius 1 is 1.26 bits per heavy atom. The molecule has 0 unspecified atom stereocenters. The lowest BCUT2D eigenvalue weighted by Gasteiger charge is -2.36. The van der Waals surface area contributed by atoms with Gasteiger partial charge in [-0.05, 0) is 24.2 Å². The Hall–Kier alpha value is -2.08. The summed E-state index contributed by atoms with van der Waals surface area (Å²) in [7, 11) is 0. The molecule has 0 radical (unpaired) electrons. The average Bonchev–Trinajstić information content (AvgIpc) is 2.85. The monoisotopic (exact) mass is 318 g/mol. The molecule has 0 saturated carbocycles. The van der Waals surface area contributed by atoms with Crippen LogP contribution in [0.5, 0.6) is 0 Å². The van der Waals surface area contributed by atoms with Crippen LogP contribution < -0.4 is 4.90 Å². The maximum atomic E-state index is 12.3. The smallest absolute Gasteiger partial charge is 0.415 e. The third-order valence-corrected chi connectivity index (χ3v) is 4.79. The Bertz CT molecular complexity index is 591. The van der Waals surface area contributed by atoms with Gasteiger partial charge in [0.15, 0.2) is 0 Å². The molecule has 0 aromatic heterocycles. The fourth-order valence-electron chi connectivity index (χ4n) is 3.33. The Morgan fingerprint density at radius 3 is 2.48 bits per heavy atom. The van der Waals surface area contributed by atoms with E-state index in [9.17, 15) is 9.59 Å². The second kappa shape index (κ2) is 6.20. The summed E-state index contributed by atoms with van der Waals surface area (Å²) in [4.78, 5) is 27.0. The van der Waals surface area contributed by atoms with E-state index in [4.69, 9.17) is 9.84 Å². The first kappa shape index (κ1) is 15.8. The van der Waals surface area contributed by atoms with Gasteiger partial charge < -0.3 is 14.7 Å². The number of rotatable bonds is 4. The quantitative estimate of drug-likeness (QED) is 0.921. The van der Waals surface area contributed by atoms with Gasteiger partial charge in [0, 0.05) is 31.6 Å². The molecule has 0 aliphatic carbocycles. The van der Waals surface area contributed by atoms with Crippen LogP contribution >= 0.6 is 0 Å². The first-order valence-corrected chi connectivity index (χ1v) is 8.05. The van der Waals surface area contributed by atoms with Gasteiger partial charge in [-0.1, -0.05) is 19.1 Å². The van der Waals surface area contributed by atoms with Gasteiger partial charge in [0.1, 0.15) is 5.60 Å². The third-order valence-electron chi connectivity index (χ3n) is 4.79. The number of anilines is 1. The molecule has 2 aliphatic rings. The first-order valence-electron chi connectivity index (χ1n) is 8.05. The first-order chi connectivity index (χ1) is 11.0. The molecule has 0 atom stereocenters. The fraction of sp³-hybridized carbons (Fsp3) is 0.529. The molecule has 1 spiro atoms. The molecule has 2 aliphatic heterocycles. The van der Waals surface area contributed by atoms with Gasteiger partial charge in [0.25, 0.3) is 0 Å². The summed E-state index contributed by atoms with van der Waals surface area (Å²) in [6, 6.07) is 7.09. The number of hydrogen-bond acceptors (Lipinski definition) is 4. The molecule has 2 saturated heterocycles. The zero-order valence-corrected chi connectivity index (χ0v) is 13.3. The van der Waals surface area contributed by atoms with Gasteiger partial charge in [0.2, 0.25) is 0 Å². The van der Waals surface area contributed by atoms with Crippen molar-refractivity contribution in [2.24, 2.45) is 0 Å². The fourth-order valence-corrected chi connectivity index (χ4v) is 3.33. The minimum atomic E-state index is -0.861. The van der Waals surface area contributed by atoms with Crippen LogP contribution in [-0.4, -0.2) is 53.8 Å². The van der Waals surface area contributed by atoms with Crippen molar-refractivity contribution in [1.82, 2.24) is 4.90 Å². The van der Waals surface area contributed by atoms with E-state index in [1.54, 1.807) is 29.2 Å². The van der Waals surface area contributed by atoms with E-state index in [0.717, 1.165) is 43.7 Å². The summed E-state index contributed by atoms with van der Waals surface area (Å²) in [6.45, 7) is 5.65. The number of piperidine rings is 1. The molecule has 6 nitrogen and oxygen atoms in total. The number of carboxylic acids is 1. The molecule has 2 heterocycles. The van der Waals surface area contributed by atoms with Crippen molar-refractivity contribution in [2.45, 2.75) is 31.8 Å². The molecule has 1 amide bonds. The van der Waals surface area contributed by atoms with Crippen molar-refractivity contribution in [2.75, 3.05) is 31.1 Å². The van der Waals surface area contributed by atoms with Crippen molar-refractivity contribution in [1.29, 1.82) is 0 Å². The molecular weight excluding hydrogens is 296 g/mol. The molecule has 2 fully saturated rings. The molecule has 1 aromatic carbocycles. The number of carbonyl (C=O) groups excluding carboxylic acids is 1. The van der Waals surface area contributed by atoms with Gasteiger partial charge in [-0.3, -0.25) is 9.69 Å². The van der Waals surface area contributed by atoms with Crippen LogP contribution in [0, 0.1) is 0 Å². The minimum absolute atomic E-state index is 0.0124. The summed E-state index contributed by atoms with van der Waals surface area (Å²) < 4.78 is 5.71. The lowest BCUT2D eigenvalue weighted by molar-refractivity contribution is -0.136. The van der Waals surface area contributed by atoms with Crippen LogP contribution in [0.2, 0.25) is 0 Å². The Labute approximate surface area is 135 Å². The summed E-state index contributed by atoms with van der Waals surface area (Å²) >= 11 is 0. The molecule has 1 aromatic rings. The van der Waals surface area contributed by atoms with Crippen LogP contribution in [-0.2, 0) is 16.0 Å². The van der Waals surface area contributed by atoms with Crippen LogP contribution in [0.1, 0.15) is 25.3 Å². The van der Waals surface area contributed by atoms with Crippen LogP contribution in [0.4, 0.5) is 10.5 Å². The number of carboxylic acid groups (broad SMARTS) is 1. The summed E-state index contributed by atoms with van der Waals surface area (Å²) in [5.74, 6) is -0.861. The highest BCUT2D eigenvalue weighted by molar-refractivity contribution is 5.90. The number of amides is 1. The normalized spacial score (nSPS) is 20.7. The maximum Gasteiger partial charge on any atom is 0.415 e. The molecule has 0 bridgehead atoms. The largest absolute Gasteiger partial charge is 0.481 e. The van der Waals surface area contributed by atoms with E-state index < -0.39 is 5.97 Å². The van der Waals surface area contributed by atoms with Crippen LogP contribution in [0.15, 0.2) is 24.3 Å². The third kappa shape index (κ3) is 3.32. The van der Waals surface area contributed by atoms with E-state index in [-0.39, 0.29) is 18.1 Å². The molecule has 6 heteroatoms. The zero-order chi connectivity index (χ0) is 16.4. The van der Waals surface area contributed by atoms with Crippen LogP contribution in [0.3, 0.4) is 0 Å². The van der Waals surface area contributed by atoms with E-state index in [1.165, 1.54) is 0 Å². The van der Waals surface area contributed by atoms with Crippen LogP contribution in [0.25, 0.3) is 0 Å².